The summed E-state index contributed by atoms with van der Waals surface area (Å²) in [5, 5.41) is 12.3. The summed E-state index contributed by atoms with van der Waals surface area (Å²) in [5.74, 6) is -0.224. The van der Waals surface area contributed by atoms with Gasteiger partial charge in [0.25, 0.3) is 0 Å². The summed E-state index contributed by atoms with van der Waals surface area (Å²) in [4.78, 5) is 11.2. The van der Waals surface area contributed by atoms with E-state index in [-0.39, 0.29) is 24.0 Å². The fourth-order valence-corrected chi connectivity index (χ4v) is 4.32. The number of carbonyl (C=O) groups excluding carboxylic acids is 1. The number of rotatable bonds is 8. The SMILES string of the molecule is CC[C@@H](CO)N(Cc1ccccc1)S(=O)(=O)c1ccc(NC(C)=O)cc1. The van der Waals surface area contributed by atoms with Gasteiger partial charge in [0.1, 0.15) is 0 Å². The third kappa shape index (κ3) is 4.91. The molecule has 0 heterocycles. The van der Waals surface area contributed by atoms with E-state index in [1.807, 2.05) is 37.3 Å². The van der Waals surface area contributed by atoms with E-state index in [0.29, 0.717) is 12.1 Å². The molecule has 0 saturated carbocycles. The standard InChI is InChI=1S/C19H24N2O4S/c1-3-18(14-22)21(13-16-7-5-4-6-8-16)26(24,25)19-11-9-17(10-12-19)20-15(2)23/h4-12,18,22H,3,13-14H2,1-2H3,(H,20,23)/t18-/m0/s1. The van der Waals surface area contributed by atoms with Crippen molar-refractivity contribution in [3.05, 3.63) is 60.2 Å². The number of anilines is 1. The number of aliphatic hydroxyl groups is 1. The number of nitrogens with zero attached hydrogens (tertiary/aromatic N) is 1. The second-order valence-corrected chi connectivity index (χ2v) is 7.88. The van der Waals surface area contributed by atoms with E-state index in [0.717, 1.165) is 5.56 Å². The smallest absolute Gasteiger partial charge is 0.243 e. The van der Waals surface area contributed by atoms with Crippen molar-refractivity contribution >= 4 is 21.6 Å². The Labute approximate surface area is 154 Å². The van der Waals surface area contributed by atoms with Gasteiger partial charge in [0, 0.05) is 25.2 Å². The Kier molecular flexibility index (Phi) is 6.90. The summed E-state index contributed by atoms with van der Waals surface area (Å²) in [6.07, 6.45) is 0.493. The van der Waals surface area contributed by atoms with Crippen LogP contribution in [0.25, 0.3) is 0 Å². The molecule has 0 bridgehead atoms. The Balaban J connectivity index is 2.36. The first-order chi connectivity index (χ1) is 12.4. The molecular weight excluding hydrogens is 352 g/mol. The van der Waals surface area contributed by atoms with Crippen LogP contribution in [-0.4, -0.2) is 36.4 Å². The summed E-state index contributed by atoms with van der Waals surface area (Å²) in [6, 6.07) is 14.8. The predicted octanol–water partition coefficient (Wildman–Crippen LogP) is 2.61. The molecule has 0 saturated heterocycles. The highest BCUT2D eigenvalue weighted by Crippen LogP contribution is 2.24. The van der Waals surface area contributed by atoms with Crippen molar-refractivity contribution in [1.82, 2.24) is 4.31 Å². The number of hydrogen-bond donors (Lipinski definition) is 2. The minimum Gasteiger partial charge on any atom is -0.395 e. The molecule has 140 valence electrons. The quantitative estimate of drug-likeness (QED) is 0.741. The lowest BCUT2D eigenvalue weighted by atomic mass is 10.2. The molecule has 2 aromatic rings. The van der Waals surface area contributed by atoms with Gasteiger partial charge in [0.2, 0.25) is 15.9 Å². The van der Waals surface area contributed by atoms with Crippen molar-refractivity contribution < 1.29 is 18.3 Å². The van der Waals surface area contributed by atoms with Gasteiger partial charge in [-0.3, -0.25) is 4.79 Å². The molecule has 0 radical (unpaired) electrons. The third-order valence-corrected chi connectivity index (χ3v) is 5.96. The number of nitrogens with one attached hydrogen (secondary N) is 1. The topological polar surface area (TPSA) is 86.7 Å². The van der Waals surface area contributed by atoms with Gasteiger partial charge in [0.15, 0.2) is 0 Å². The largest absolute Gasteiger partial charge is 0.395 e. The second kappa shape index (κ2) is 8.93. The van der Waals surface area contributed by atoms with Crippen molar-refractivity contribution in [3.8, 4) is 0 Å². The van der Waals surface area contributed by atoms with Gasteiger partial charge in [-0.05, 0) is 36.2 Å². The van der Waals surface area contributed by atoms with Gasteiger partial charge < -0.3 is 10.4 Å². The van der Waals surface area contributed by atoms with Gasteiger partial charge in [-0.15, -0.1) is 0 Å². The van der Waals surface area contributed by atoms with E-state index < -0.39 is 16.1 Å². The lowest BCUT2D eigenvalue weighted by molar-refractivity contribution is -0.114. The summed E-state index contributed by atoms with van der Waals surface area (Å²) < 4.78 is 27.6. The van der Waals surface area contributed by atoms with Gasteiger partial charge in [0.05, 0.1) is 11.5 Å². The summed E-state index contributed by atoms with van der Waals surface area (Å²) in [6.45, 7) is 3.15. The van der Waals surface area contributed by atoms with Crippen LogP contribution in [0.4, 0.5) is 5.69 Å². The van der Waals surface area contributed by atoms with E-state index in [1.165, 1.54) is 23.4 Å². The molecule has 26 heavy (non-hydrogen) atoms. The molecule has 1 atom stereocenters. The molecule has 2 N–H and O–H groups in total. The number of benzene rings is 2. The maximum absolute atomic E-state index is 13.2. The Bertz CT molecular complexity index is 816. The van der Waals surface area contributed by atoms with E-state index in [9.17, 15) is 18.3 Å². The molecule has 1 amide bonds. The fourth-order valence-electron chi connectivity index (χ4n) is 2.65. The van der Waals surface area contributed by atoms with Crippen LogP contribution >= 0.6 is 0 Å². The monoisotopic (exact) mass is 376 g/mol. The molecule has 0 fully saturated rings. The van der Waals surface area contributed by atoms with Crippen LogP contribution < -0.4 is 5.32 Å². The Morgan fingerprint density at radius 3 is 2.23 bits per heavy atom. The number of hydrogen-bond acceptors (Lipinski definition) is 4. The summed E-state index contributed by atoms with van der Waals surface area (Å²) in [7, 11) is -3.81. The van der Waals surface area contributed by atoms with E-state index in [1.54, 1.807) is 12.1 Å². The number of carbonyl (C=O) groups is 1. The zero-order valence-electron chi connectivity index (χ0n) is 14.9. The lowest BCUT2D eigenvalue weighted by Gasteiger charge is -2.29. The van der Waals surface area contributed by atoms with Crippen molar-refractivity contribution in [2.75, 3.05) is 11.9 Å². The third-order valence-electron chi connectivity index (χ3n) is 4.05. The average molecular weight is 376 g/mol. The molecule has 7 heteroatoms. The molecule has 0 spiro atoms. The highest BCUT2D eigenvalue weighted by atomic mass is 32.2. The minimum absolute atomic E-state index is 0.120. The molecule has 2 aromatic carbocycles. The number of sulfonamides is 1. The highest BCUT2D eigenvalue weighted by Gasteiger charge is 2.30. The normalized spacial score (nSPS) is 12.8. The van der Waals surface area contributed by atoms with Gasteiger partial charge in [-0.1, -0.05) is 37.3 Å². The fraction of sp³-hybridized carbons (Fsp3) is 0.316. The van der Waals surface area contributed by atoms with Crippen molar-refractivity contribution in [2.45, 2.75) is 37.8 Å². The predicted molar refractivity (Wildman–Crippen MR) is 101 cm³/mol. The van der Waals surface area contributed by atoms with Crippen molar-refractivity contribution in [3.63, 3.8) is 0 Å². The van der Waals surface area contributed by atoms with Crippen molar-refractivity contribution in [1.29, 1.82) is 0 Å². The first kappa shape index (κ1) is 20.1. The van der Waals surface area contributed by atoms with Crippen LogP contribution in [0.1, 0.15) is 25.8 Å². The van der Waals surface area contributed by atoms with Gasteiger partial charge in [-0.2, -0.15) is 4.31 Å². The van der Waals surface area contributed by atoms with Gasteiger partial charge >= 0.3 is 0 Å². The maximum Gasteiger partial charge on any atom is 0.243 e. The first-order valence-electron chi connectivity index (χ1n) is 8.42. The second-order valence-electron chi connectivity index (χ2n) is 5.99. The molecule has 0 aliphatic rings. The first-order valence-corrected chi connectivity index (χ1v) is 9.86. The number of aliphatic hydroxyl groups excluding tert-OH is 1. The molecule has 2 rings (SSSR count). The molecule has 0 aliphatic heterocycles. The van der Waals surface area contributed by atoms with E-state index >= 15 is 0 Å². The van der Waals surface area contributed by atoms with Crippen LogP contribution in [0.15, 0.2) is 59.5 Å². The molecule has 0 aromatic heterocycles. The summed E-state index contributed by atoms with van der Waals surface area (Å²) >= 11 is 0. The van der Waals surface area contributed by atoms with Crippen LogP contribution in [-0.2, 0) is 21.4 Å². The van der Waals surface area contributed by atoms with Crippen LogP contribution in [0.3, 0.4) is 0 Å². The van der Waals surface area contributed by atoms with E-state index in [2.05, 4.69) is 5.32 Å². The zero-order valence-corrected chi connectivity index (χ0v) is 15.7. The Hall–Kier alpha value is -2.22. The van der Waals surface area contributed by atoms with E-state index in [4.69, 9.17) is 0 Å². The number of amides is 1. The van der Waals surface area contributed by atoms with Crippen LogP contribution in [0.5, 0.6) is 0 Å². The Morgan fingerprint density at radius 1 is 1.12 bits per heavy atom. The summed E-state index contributed by atoms with van der Waals surface area (Å²) in [5.41, 5.74) is 1.37. The Morgan fingerprint density at radius 2 is 1.73 bits per heavy atom. The molecule has 6 nitrogen and oxygen atoms in total. The zero-order chi connectivity index (χ0) is 19.2. The van der Waals surface area contributed by atoms with Crippen LogP contribution in [0, 0.1) is 0 Å². The molecule has 0 unspecified atom stereocenters. The highest BCUT2D eigenvalue weighted by molar-refractivity contribution is 7.89. The molecular formula is C19H24N2O4S. The molecule has 0 aliphatic carbocycles. The lowest BCUT2D eigenvalue weighted by Crippen LogP contribution is -2.41. The maximum atomic E-state index is 13.2. The van der Waals surface area contributed by atoms with Crippen LogP contribution in [0.2, 0.25) is 0 Å². The average Bonchev–Trinajstić information content (AvgIpc) is 2.62. The van der Waals surface area contributed by atoms with Gasteiger partial charge in [-0.25, -0.2) is 8.42 Å². The minimum atomic E-state index is -3.81. The van der Waals surface area contributed by atoms with Crippen molar-refractivity contribution in [2.24, 2.45) is 0 Å².